The average Bonchev–Trinajstić information content (AvgIpc) is 2.01. The lowest BCUT2D eigenvalue weighted by Gasteiger charge is -2.17. The molecule has 0 spiro atoms. The number of hydrogen-bond donors (Lipinski definition) is 1. The summed E-state index contributed by atoms with van der Waals surface area (Å²) in [6, 6.07) is 6.32. The number of hydrogen-bond acceptors (Lipinski definition) is 3. The summed E-state index contributed by atoms with van der Waals surface area (Å²) in [5, 5.41) is 9.68. The van der Waals surface area contributed by atoms with Crippen LogP contribution in [0.4, 0.5) is 0 Å². The van der Waals surface area contributed by atoms with Crippen molar-refractivity contribution >= 4 is 28.2 Å². The van der Waals surface area contributed by atoms with Crippen molar-refractivity contribution in [1.29, 1.82) is 0 Å². The largest absolute Gasteiger partial charge is 0.386 e. The fourth-order valence-electron chi connectivity index (χ4n) is 1.03. The SMILES string of the molecule is CC(C)(O)c1cccc(S(=O)(=O)I)c1. The summed E-state index contributed by atoms with van der Waals surface area (Å²) in [5.41, 5.74) is -0.424. The van der Waals surface area contributed by atoms with Crippen LogP contribution in [0.2, 0.25) is 0 Å². The van der Waals surface area contributed by atoms with E-state index in [2.05, 4.69) is 0 Å². The first-order valence-corrected chi connectivity index (χ1v) is 8.01. The molecule has 0 amide bonds. The van der Waals surface area contributed by atoms with Crippen molar-refractivity contribution in [3.05, 3.63) is 29.8 Å². The molecule has 0 heterocycles. The van der Waals surface area contributed by atoms with Crippen LogP contribution in [-0.4, -0.2) is 13.5 Å². The highest BCUT2D eigenvalue weighted by Crippen LogP contribution is 2.24. The summed E-state index contributed by atoms with van der Waals surface area (Å²) in [6.07, 6.45) is 0. The van der Waals surface area contributed by atoms with Crippen molar-refractivity contribution in [1.82, 2.24) is 0 Å². The van der Waals surface area contributed by atoms with Crippen molar-refractivity contribution in [3.8, 4) is 0 Å². The van der Waals surface area contributed by atoms with Crippen molar-refractivity contribution in [2.45, 2.75) is 24.3 Å². The van der Waals surface area contributed by atoms with E-state index in [-0.39, 0.29) is 4.90 Å². The normalized spacial score (nSPS) is 12.9. The molecule has 0 fully saturated rings. The maximum atomic E-state index is 11.2. The predicted octanol–water partition coefficient (Wildman–Crippen LogP) is 2.04. The van der Waals surface area contributed by atoms with Gasteiger partial charge in [-0.25, -0.2) is 8.42 Å². The summed E-state index contributed by atoms with van der Waals surface area (Å²) in [5.74, 6) is 0. The van der Waals surface area contributed by atoms with Crippen LogP contribution >= 0.6 is 21.2 Å². The van der Waals surface area contributed by atoms with Gasteiger partial charge in [0.15, 0.2) is 0 Å². The van der Waals surface area contributed by atoms with Crippen LogP contribution in [0, 0.1) is 0 Å². The van der Waals surface area contributed by atoms with E-state index in [1.165, 1.54) is 33.3 Å². The van der Waals surface area contributed by atoms with Crippen molar-refractivity contribution in [2.24, 2.45) is 0 Å². The summed E-state index contributed by atoms with van der Waals surface area (Å²) in [6.45, 7) is 3.23. The maximum Gasteiger partial charge on any atom is 0.231 e. The van der Waals surface area contributed by atoms with E-state index in [0.29, 0.717) is 5.56 Å². The van der Waals surface area contributed by atoms with Crippen LogP contribution in [0.15, 0.2) is 29.2 Å². The molecule has 78 valence electrons. The van der Waals surface area contributed by atoms with Gasteiger partial charge >= 0.3 is 0 Å². The van der Waals surface area contributed by atoms with Gasteiger partial charge in [-0.05, 0) is 31.5 Å². The lowest BCUT2D eigenvalue weighted by molar-refractivity contribution is 0.0784. The zero-order valence-electron chi connectivity index (χ0n) is 7.86. The van der Waals surface area contributed by atoms with Crippen LogP contribution in [-0.2, 0) is 12.6 Å². The quantitative estimate of drug-likeness (QED) is 0.668. The molecule has 1 aromatic rings. The first-order valence-electron chi connectivity index (χ1n) is 3.99. The van der Waals surface area contributed by atoms with E-state index in [4.69, 9.17) is 0 Å². The standard InChI is InChI=1S/C9H11IO3S/c1-9(2,11)7-4-3-5-8(6-7)14(10,12)13/h3-6,11H,1-2H3. The van der Waals surface area contributed by atoms with Crippen molar-refractivity contribution in [2.75, 3.05) is 0 Å². The molecule has 1 rings (SSSR count). The summed E-state index contributed by atoms with van der Waals surface area (Å²) >= 11 is 1.38. The van der Waals surface area contributed by atoms with E-state index in [1.807, 2.05) is 0 Å². The lowest BCUT2D eigenvalue weighted by Crippen LogP contribution is -2.15. The minimum Gasteiger partial charge on any atom is -0.386 e. The van der Waals surface area contributed by atoms with Gasteiger partial charge in [-0.2, -0.15) is 0 Å². The fourth-order valence-corrected chi connectivity index (χ4v) is 2.36. The first-order chi connectivity index (χ1) is 6.21. The number of benzene rings is 1. The predicted molar refractivity (Wildman–Crippen MR) is 62.9 cm³/mol. The molecule has 0 bridgehead atoms. The average molecular weight is 326 g/mol. The van der Waals surface area contributed by atoms with Gasteiger partial charge in [-0.15, -0.1) is 0 Å². The lowest BCUT2D eigenvalue weighted by atomic mass is 9.99. The summed E-state index contributed by atoms with van der Waals surface area (Å²) < 4.78 is 22.4. The van der Waals surface area contributed by atoms with Gasteiger partial charge in [-0.3, -0.25) is 0 Å². The third kappa shape index (κ3) is 2.93. The molecule has 0 atom stereocenters. The van der Waals surface area contributed by atoms with E-state index in [1.54, 1.807) is 26.0 Å². The maximum absolute atomic E-state index is 11.2. The molecule has 5 heteroatoms. The van der Waals surface area contributed by atoms with Gasteiger partial charge in [0.1, 0.15) is 0 Å². The monoisotopic (exact) mass is 326 g/mol. The second-order valence-electron chi connectivity index (χ2n) is 3.52. The van der Waals surface area contributed by atoms with Crippen molar-refractivity contribution in [3.63, 3.8) is 0 Å². The molecule has 1 N–H and O–H groups in total. The number of rotatable bonds is 2. The van der Waals surface area contributed by atoms with Gasteiger partial charge in [-0.1, -0.05) is 12.1 Å². The van der Waals surface area contributed by atoms with Gasteiger partial charge < -0.3 is 5.11 Å². The second kappa shape index (κ2) is 3.79. The Balaban J connectivity index is 3.29. The summed E-state index contributed by atoms with van der Waals surface area (Å²) in [4.78, 5) is 0.220. The number of aliphatic hydroxyl groups is 1. The van der Waals surface area contributed by atoms with E-state index >= 15 is 0 Å². The molecule has 0 aliphatic rings. The molecule has 0 saturated heterocycles. The molecular formula is C9H11IO3S. The van der Waals surface area contributed by atoms with E-state index < -0.39 is 12.6 Å². The van der Waals surface area contributed by atoms with E-state index in [0.717, 1.165) is 0 Å². The molecule has 0 radical (unpaired) electrons. The highest BCUT2D eigenvalue weighted by Gasteiger charge is 2.18. The van der Waals surface area contributed by atoms with Gasteiger partial charge in [0.25, 0.3) is 0 Å². The van der Waals surface area contributed by atoms with Gasteiger partial charge in [0, 0.05) is 0 Å². The minimum absolute atomic E-state index is 0.220. The zero-order valence-corrected chi connectivity index (χ0v) is 10.8. The Kier molecular flexibility index (Phi) is 3.23. The molecule has 3 nitrogen and oxygen atoms in total. The highest BCUT2D eigenvalue weighted by atomic mass is 127. The number of halogens is 1. The molecule has 0 unspecified atom stereocenters. The smallest absolute Gasteiger partial charge is 0.231 e. The molecule has 0 aromatic heterocycles. The second-order valence-corrected chi connectivity index (χ2v) is 8.35. The minimum atomic E-state index is -3.23. The zero-order chi connectivity index (χ0) is 11.0. The molecule has 0 saturated carbocycles. The first kappa shape index (κ1) is 11.9. The van der Waals surface area contributed by atoms with Crippen LogP contribution in [0.5, 0.6) is 0 Å². The Morgan fingerprint density at radius 1 is 1.36 bits per heavy atom. The Morgan fingerprint density at radius 2 is 1.93 bits per heavy atom. The molecule has 0 aliphatic carbocycles. The van der Waals surface area contributed by atoms with Crippen LogP contribution in [0.3, 0.4) is 0 Å². The Hall–Kier alpha value is -0.140. The molecular weight excluding hydrogens is 315 g/mol. The Morgan fingerprint density at radius 3 is 2.36 bits per heavy atom. The van der Waals surface area contributed by atoms with Crippen LogP contribution in [0.25, 0.3) is 0 Å². The fraction of sp³-hybridized carbons (Fsp3) is 0.333. The molecule has 1 aromatic carbocycles. The topological polar surface area (TPSA) is 54.4 Å². The third-order valence-electron chi connectivity index (χ3n) is 1.82. The van der Waals surface area contributed by atoms with Gasteiger partial charge in [0.2, 0.25) is 7.01 Å². The third-order valence-corrected chi connectivity index (χ3v) is 4.16. The van der Waals surface area contributed by atoms with Gasteiger partial charge in [0.05, 0.1) is 31.7 Å². The Labute approximate surface area is 95.7 Å². The highest BCUT2D eigenvalue weighted by molar-refractivity contribution is 14.2. The van der Waals surface area contributed by atoms with Crippen molar-refractivity contribution < 1.29 is 13.5 Å². The summed E-state index contributed by atoms with van der Waals surface area (Å²) in [7, 11) is -3.23. The van der Waals surface area contributed by atoms with Crippen LogP contribution in [0.1, 0.15) is 19.4 Å². The molecule has 0 aliphatic heterocycles. The van der Waals surface area contributed by atoms with Crippen LogP contribution < -0.4 is 0 Å². The molecule has 14 heavy (non-hydrogen) atoms. The Bertz CT molecular complexity index is 432. The van der Waals surface area contributed by atoms with E-state index in [9.17, 15) is 13.5 Å².